The summed E-state index contributed by atoms with van der Waals surface area (Å²) in [6.45, 7) is 2.02. The number of aromatic hydroxyl groups is 1. The minimum atomic E-state index is -1.61. The highest BCUT2D eigenvalue weighted by Crippen LogP contribution is 2.25. The molecule has 0 spiro atoms. The Morgan fingerprint density at radius 2 is 0.954 bits per heavy atom. The number of nitrogens with two attached hydrogens (primary N) is 2. The predicted molar refractivity (Wildman–Crippen MR) is 406 cm³/mol. The molecule has 0 unspecified atom stereocenters. The van der Waals surface area contributed by atoms with Gasteiger partial charge in [0.15, 0.2) is 28.9 Å². The number of primary amides is 1. The summed E-state index contributed by atoms with van der Waals surface area (Å²) >= 11 is 6.87. The Kier molecular flexibility index (Phi) is 42.3. The second kappa shape index (κ2) is 50.0. The highest BCUT2D eigenvalue weighted by atomic mass is 32.2. The molecule has 4 aromatic rings. The van der Waals surface area contributed by atoms with E-state index in [9.17, 15) is 92.3 Å². The van der Waals surface area contributed by atoms with Crippen LogP contribution >= 0.6 is 36.2 Å². The molecule has 33 heteroatoms. The highest BCUT2D eigenvalue weighted by molar-refractivity contribution is 7.98. The normalized spacial score (nSPS) is 14.0. The standard InChI is InChI=1S/C75H102N8O22S3/c1-4-54(76)63(87)38-50(40-69(93)94)75(102)83-60(44-106)61(85)15-10-25-103-27-29-105-30-28-104-26-22-68(92)80-58(41-70(95)96)66(90)39-49(34-46-16-18-52(84)19-17-46)74(101)81-56(24-32-108-3)62(86)20-21-67(91)79-57(35-51-43-78-55-14-9-8-13-53(51)55)64(88)36-47(23-31-107-2)73(100)82-59(42-71(97)98)65(89)37-48(72(77)99)33-45-11-6-5-7-12-45/h5-9,11-14,16-19,43,47-50,54,56-60,78,84,106H,4,10,15,20-42,44,76H2,1-3H3,(H2,77,99)(H,79,91)(H,80,92)(H,81,101)(H,82,100)(H,83,102)(H,93,94)(H,95,96)(H,97,98)/t47-,48-,49-,50+,54+,56+,57+,58+,59+,60+/m1/s1. The number of hydrogen-bond donors (Lipinski definition) is 13. The molecule has 0 aliphatic rings. The number of benzene rings is 3. The van der Waals surface area contributed by atoms with Gasteiger partial charge in [0.25, 0.3) is 0 Å². The van der Waals surface area contributed by atoms with E-state index in [1.165, 1.54) is 47.8 Å². The Morgan fingerprint density at radius 3 is 1.56 bits per heavy atom. The zero-order valence-corrected chi connectivity index (χ0v) is 63.5. The minimum Gasteiger partial charge on any atom is -0.508 e. The number of H-pyrrole nitrogens is 1. The second-order valence-electron chi connectivity index (χ2n) is 26.1. The maximum Gasteiger partial charge on any atom is 0.305 e. The van der Waals surface area contributed by atoms with E-state index < -0.39 is 200 Å². The second-order valence-corrected chi connectivity index (χ2v) is 28.4. The number of aromatic amines is 1. The van der Waals surface area contributed by atoms with Crippen LogP contribution in [0.1, 0.15) is 120 Å². The fourth-order valence-corrected chi connectivity index (χ4v) is 12.9. The van der Waals surface area contributed by atoms with E-state index in [1.807, 2.05) is 12.1 Å². The summed E-state index contributed by atoms with van der Waals surface area (Å²) in [5.41, 5.74) is 14.0. The summed E-state index contributed by atoms with van der Waals surface area (Å²) in [6.07, 6.45) is 0.228. The van der Waals surface area contributed by atoms with E-state index in [0.717, 1.165) is 10.9 Å². The number of carboxylic acids is 3. The summed E-state index contributed by atoms with van der Waals surface area (Å²) in [5.74, 6) is -16.6. The Bertz CT molecular complexity index is 3660. The SMILES string of the molecule is CC[C@H](N)C(=O)C[C@@H](CC(=O)O)C(=O)N[C@@H](CS)C(=O)CCCOCCOCCOCCC(=O)N[C@@H](CC(=O)O)C(=O)C[C@@H](Cc1ccc(O)cc1)C(=O)N[C@@H](CCSC)C(=O)CCC(=O)N[C@@H](Cc1c[nH]c2ccccc12)C(=O)C[C@@H](CCSC)C(=O)N[C@@H](CC(=O)O)C(=O)C[C@@H](Cc1ccccc1)C(N)=O. The van der Waals surface area contributed by atoms with Crippen LogP contribution in [0.3, 0.4) is 0 Å². The summed E-state index contributed by atoms with van der Waals surface area (Å²) < 4.78 is 16.6. The molecule has 6 amide bonds. The number of hydrogen-bond acceptors (Lipinski definition) is 23. The monoisotopic (exact) mass is 1560 g/mol. The van der Waals surface area contributed by atoms with E-state index in [2.05, 4.69) is 44.2 Å². The van der Waals surface area contributed by atoms with E-state index in [-0.39, 0.29) is 108 Å². The van der Waals surface area contributed by atoms with Crippen LogP contribution in [0.4, 0.5) is 0 Å². The summed E-state index contributed by atoms with van der Waals surface area (Å²) in [7, 11) is 0. The van der Waals surface area contributed by atoms with Crippen molar-refractivity contribution in [1.82, 2.24) is 31.6 Å². The number of phenolic OH excluding ortho intramolecular Hbond substituents is 1. The van der Waals surface area contributed by atoms with Gasteiger partial charge in [0.05, 0.1) is 94.5 Å². The number of ether oxygens (including phenoxy) is 3. The van der Waals surface area contributed by atoms with E-state index in [4.69, 9.17) is 25.7 Å². The van der Waals surface area contributed by atoms with Crippen molar-refractivity contribution in [1.29, 1.82) is 0 Å². The van der Waals surface area contributed by atoms with Gasteiger partial charge in [0, 0.05) is 105 Å². The molecule has 3 aromatic carbocycles. The summed E-state index contributed by atoms with van der Waals surface area (Å²) in [6, 6.07) is 14.0. The number of nitrogens with one attached hydrogen (secondary N) is 6. The van der Waals surface area contributed by atoms with Crippen LogP contribution in [-0.4, -0.2) is 219 Å². The molecule has 0 fully saturated rings. The molecule has 14 N–H and O–H groups in total. The first kappa shape index (κ1) is 91.5. The number of phenols is 1. The fourth-order valence-electron chi connectivity index (χ4n) is 11.6. The van der Waals surface area contributed by atoms with E-state index >= 15 is 0 Å². The lowest BCUT2D eigenvalue weighted by molar-refractivity contribution is -0.142. The van der Waals surface area contributed by atoms with Crippen LogP contribution in [0.5, 0.6) is 5.75 Å². The Morgan fingerprint density at radius 1 is 0.472 bits per heavy atom. The van der Waals surface area contributed by atoms with Crippen molar-refractivity contribution in [2.75, 3.05) is 69.4 Å². The molecule has 1 aromatic heterocycles. The molecule has 108 heavy (non-hydrogen) atoms. The lowest BCUT2D eigenvalue weighted by atomic mass is 9.89. The number of carboxylic acid groups (broad SMARTS) is 3. The lowest BCUT2D eigenvalue weighted by Gasteiger charge is -2.24. The molecular weight excluding hydrogens is 1460 g/mol. The Labute approximate surface area is 640 Å². The van der Waals surface area contributed by atoms with E-state index in [1.54, 1.807) is 68.1 Å². The van der Waals surface area contributed by atoms with Crippen molar-refractivity contribution < 1.29 is 107 Å². The number of fused-ring (bicyclic) bond motifs is 1. The first-order valence-corrected chi connectivity index (χ1v) is 39.0. The quantitative estimate of drug-likeness (QED) is 0.0220. The number of amides is 6. The highest BCUT2D eigenvalue weighted by Gasteiger charge is 2.36. The third-order valence-corrected chi connectivity index (χ3v) is 19.4. The Balaban J connectivity index is 1.37. The Hall–Kier alpha value is -8.86. The first-order chi connectivity index (χ1) is 51.5. The summed E-state index contributed by atoms with van der Waals surface area (Å²) in [4.78, 5) is 202. The third kappa shape index (κ3) is 34.6. The predicted octanol–water partition coefficient (Wildman–Crippen LogP) is 3.85. The van der Waals surface area contributed by atoms with Gasteiger partial charge in [0.2, 0.25) is 35.4 Å². The number of ketones is 6. The fraction of sp³-hybridized carbons (Fsp3) is 0.533. The zero-order valence-electron chi connectivity index (χ0n) is 61.0. The van der Waals surface area contributed by atoms with Gasteiger partial charge >= 0.3 is 17.9 Å². The number of aliphatic carboxylic acids is 3. The van der Waals surface area contributed by atoms with Gasteiger partial charge in [0.1, 0.15) is 11.5 Å². The van der Waals surface area contributed by atoms with Crippen LogP contribution in [-0.2, 0) is 105 Å². The lowest BCUT2D eigenvalue weighted by Crippen LogP contribution is -2.48. The number of thiol groups is 1. The number of aromatic nitrogens is 1. The largest absolute Gasteiger partial charge is 0.508 e. The topological polar surface area (TPSA) is 493 Å². The molecule has 0 bridgehead atoms. The van der Waals surface area contributed by atoms with Gasteiger partial charge in [-0.1, -0.05) is 67.6 Å². The van der Waals surface area contributed by atoms with Gasteiger partial charge in [-0.2, -0.15) is 36.2 Å². The third-order valence-electron chi connectivity index (χ3n) is 17.7. The molecule has 10 atom stereocenters. The summed E-state index contributed by atoms with van der Waals surface area (Å²) in [5, 5.41) is 52.8. The van der Waals surface area contributed by atoms with Crippen molar-refractivity contribution in [3.05, 3.63) is 102 Å². The van der Waals surface area contributed by atoms with Crippen molar-refractivity contribution >= 4 is 135 Å². The number of carbonyl (C=O) groups excluding carboxylic acids is 12. The van der Waals surface area contributed by atoms with Crippen LogP contribution in [0.15, 0.2) is 85.1 Å². The smallest absolute Gasteiger partial charge is 0.305 e. The average molecular weight is 1560 g/mol. The van der Waals surface area contributed by atoms with Crippen LogP contribution in [0.2, 0.25) is 0 Å². The number of carbonyl (C=O) groups is 15. The molecule has 4 rings (SSSR count). The molecule has 0 saturated heterocycles. The van der Waals surface area contributed by atoms with Crippen LogP contribution in [0, 0.1) is 23.7 Å². The molecule has 0 radical (unpaired) electrons. The first-order valence-electron chi connectivity index (χ1n) is 35.6. The zero-order chi connectivity index (χ0) is 79.7. The van der Waals surface area contributed by atoms with Crippen molar-refractivity contribution in [2.45, 2.75) is 159 Å². The van der Waals surface area contributed by atoms with Gasteiger partial charge < -0.3 is 77.7 Å². The molecule has 592 valence electrons. The molecule has 0 aliphatic heterocycles. The number of rotatable bonds is 59. The molecule has 30 nitrogen and oxygen atoms in total. The number of thioether (sulfide) groups is 2. The van der Waals surface area contributed by atoms with Crippen LogP contribution < -0.4 is 38.1 Å². The minimum absolute atomic E-state index is 0.00242. The van der Waals surface area contributed by atoms with Crippen molar-refractivity contribution in [3.8, 4) is 5.75 Å². The molecule has 0 saturated carbocycles. The van der Waals surface area contributed by atoms with Crippen LogP contribution in [0.25, 0.3) is 10.9 Å². The van der Waals surface area contributed by atoms with Gasteiger partial charge in [-0.3, -0.25) is 71.9 Å². The van der Waals surface area contributed by atoms with Gasteiger partial charge in [-0.05, 0) is 97.4 Å². The maximum absolute atomic E-state index is 14.7. The van der Waals surface area contributed by atoms with Crippen molar-refractivity contribution in [2.24, 2.45) is 35.1 Å². The molecule has 1 heterocycles. The number of Topliss-reactive ketones (excluding diaryl/α,β-unsaturated/α-hetero) is 6. The number of para-hydroxylation sites is 1. The van der Waals surface area contributed by atoms with Crippen molar-refractivity contribution in [3.63, 3.8) is 0 Å². The average Bonchev–Trinajstić information content (AvgIpc) is 1.65. The van der Waals surface area contributed by atoms with Gasteiger partial charge in [-0.25, -0.2) is 0 Å². The van der Waals surface area contributed by atoms with Gasteiger partial charge in [-0.15, -0.1) is 0 Å². The molecular formula is C75H102N8O22S3. The maximum atomic E-state index is 14.7. The molecule has 0 aliphatic carbocycles. The van der Waals surface area contributed by atoms with E-state index in [0.29, 0.717) is 34.6 Å².